The highest BCUT2D eigenvalue weighted by molar-refractivity contribution is 6.00. The Morgan fingerprint density at radius 2 is 1.95 bits per heavy atom. The van der Waals surface area contributed by atoms with E-state index < -0.39 is 17.7 Å². The zero-order valence-electron chi connectivity index (χ0n) is 22.8. The molecule has 1 unspecified atom stereocenters. The number of nitrogens with zero attached hydrogens (tertiary/aromatic N) is 3. The molecule has 4 aromatic rings. The SMILES string of the molecule is Cc1c(-c2c(C(OC3(C)CC3)C(=O)O)n(C)c(=O)c3cc(OCc4cncnc4)ccc23)ccc2c1CCCO2. The molecule has 1 atom stereocenters. The monoisotopic (exact) mass is 541 g/mol. The molecule has 9 nitrogen and oxygen atoms in total. The molecule has 1 fully saturated rings. The molecule has 2 aromatic carbocycles. The predicted octanol–water partition coefficient (Wildman–Crippen LogP) is 4.90. The zero-order valence-corrected chi connectivity index (χ0v) is 22.8. The quantitative estimate of drug-likeness (QED) is 0.335. The molecule has 0 radical (unpaired) electrons. The molecule has 0 spiro atoms. The number of fused-ring (bicyclic) bond motifs is 2. The molecule has 0 bridgehead atoms. The van der Waals surface area contributed by atoms with Crippen LogP contribution in [0, 0.1) is 6.92 Å². The first-order valence-corrected chi connectivity index (χ1v) is 13.5. The summed E-state index contributed by atoms with van der Waals surface area (Å²) in [5.41, 5.74) is 3.91. The van der Waals surface area contributed by atoms with E-state index in [1.54, 1.807) is 31.6 Å². The summed E-state index contributed by atoms with van der Waals surface area (Å²) < 4.78 is 19.5. The maximum absolute atomic E-state index is 13.8. The third-order valence-electron chi connectivity index (χ3n) is 7.92. The van der Waals surface area contributed by atoms with E-state index in [1.807, 2.05) is 32.0 Å². The number of rotatable bonds is 8. The average Bonchev–Trinajstić information content (AvgIpc) is 3.70. The van der Waals surface area contributed by atoms with E-state index in [0.29, 0.717) is 34.4 Å². The van der Waals surface area contributed by atoms with Crippen molar-refractivity contribution in [2.24, 2.45) is 7.05 Å². The third kappa shape index (κ3) is 4.70. The highest BCUT2D eigenvalue weighted by Crippen LogP contribution is 2.46. The summed E-state index contributed by atoms with van der Waals surface area (Å²) in [5.74, 6) is 0.229. The Labute approximate surface area is 231 Å². The van der Waals surface area contributed by atoms with Crippen molar-refractivity contribution in [1.82, 2.24) is 14.5 Å². The van der Waals surface area contributed by atoms with Gasteiger partial charge in [0, 0.05) is 30.6 Å². The zero-order chi connectivity index (χ0) is 28.0. The van der Waals surface area contributed by atoms with Gasteiger partial charge < -0.3 is 23.9 Å². The minimum Gasteiger partial charge on any atom is -0.493 e. The lowest BCUT2D eigenvalue weighted by Crippen LogP contribution is -2.30. The normalized spacial score (nSPS) is 16.2. The van der Waals surface area contributed by atoms with Crippen LogP contribution in [0.4, 0.5) is 0 Å². The molecule has 9 heteroatoms. The number of ether oxygens (including phenoxy) is 3. The number of aliphatic carboxylic acids is 1. The minimum absolute atomic E-state index is 0.245. The van der Waals surface area contributed by atoms with Gasteiger partial charge in [-0.15, -0.1) is 0 Å². The van der Waals surface area contributed by atoms with Gasteiger partial charge in [-0.3, -0.25) is 4.79 Å². The Kier molecular flexibility index (Phi) is 6.54. The van der Waals surface area contributed by atoms with Crippen molar-refractivity contribution in [3.8, 4) is 22.6 Å². The van der Waals surface area contributed by atoms with Crippen molar-refractivity contribution in [3.05, 3.63) is 81.8 Å². The molecule has 1 saturated carbocycles. The van der Waals surface area contributed by atoms with Gasteiger partial charge >= 0.3 is 5.97 Å². The summed E-state index contributed by atoms with van der Waals surface area (Å²) in [4.78, 5) is 34.5. The van der Waals surface area contributed by atoms with E-state index >= 15 is 0 Å². The third-order valence-corrected chi connectivity index (χ3v) is 7.92. The smallest absolute Gasteiger partial charge is 0.339 e. The summed E-state index contributed by atoms with van der Waals surface area (Å²) in [5, 5.41) is 11.4. The Morgan fingerprint density at radius 1 is 1.18 bits per heavy atom. The number of aromatic nitrogens is 3. The van der Waals surface area contributed by atoms with Crippen LogP contribution >= 0.6 is 0 Å². The van der Waals surface area contributed by atoms with Gasteiger partial charge in [-0.2, -0.15) is 0 Å². The molecule has 6 rings (SSSR count). The fourth-order valence-corrected chi connectivity index (χ4v) is 5.45. The van der Waals surface area contributed by atoms with Crippen molar-refractivity contribution >= 4 is 16.7 Å². The van der Waals surface area contributed by atoms with Crippen LogP contribution < -0.4 is 15.0 Å². The molecular weight excluding hydrogens is 510 g/mol. The van der Waals surface area contributed by atoms with Gasteiger partial charge in [0.25, 0.3) is 5.56 Å². The molecule has 2 aliphatic rings. The first-order valence-electron chi connectivity index (χ1n) is 13.5. The lowest BCUT2D eigenvalue weighted by Gasteiger charge is -2.27. The number of hydrogen-bond acceptors (Lipinski definition) is 7. The summed E-state index contributed by atoms with van der Waals surface area (Å²) in [6, 6.07) is 9.24. The van der Waals surface area contributed by atoms with Gasteiger partial charge in [-0.1, -0.05) is 6.07 Å². The van der Waals surface area contributed by atoms with E-state index in [-0.39, 0.29) is 12.2 Å². The second-order valence-corrected chi connectivity index (χ2v) is 10.8. The van der Waals surface area contributed by atoms with Crippen LogP contribution in [-0.4, -0.2) is 37.8 Å². The van der Waals surface area contributed by atoms with Gasteiger partial charge in [0.2, 0.25) is 0 Å². The second kappa shape index (κ2) is 10.1. The average molecular weight is 542 g/mol. The summed E-state index contributed by atoms with van der Waals surface area (Å²) in [7, 11) is 1.61. The molecule has 40 heavy (non-hydrogen) atoms. The first-order chi connectivity index (χ1) is 19.3. The minimum atomic E-state index is -1.31. The van der Waals surface area contributed by atoms with E-state index in [1.165, 1.54) is 10.9 Å². The van der Waals surface area contributed by atoms with E-state index in [0.717, 1.165) is 53.7 Å². The largest absolute Gasteiger partial charge is 0.493 e. The maximum Gasteiger partial charge on any atom is 0.339 e. The van der Waals surface area contributed by atoms with Crippen LogP contribution in [0.2, 0.25) is 0 Å². The Balaban J connectivity index is 1.56. The fraction of sp³-hybridized carbons (Fsp3) is 0.355. The van der Waals surface area contributed by atoms with Crippen LogP contribution in [0.15, 0.2) is 53.8 Å². The molecular formula is C31H31N3O6. The molecule has 3 heterocycles. The number of carbonyl (C=O) groups is 1. The van der Waals surface area contributed by atoms with E-state index in [4.69, 9.17) is 14.2 Å². The van der Waals surface area contributed by atoms with Crippen molar-refractivity contribution in [3.63, 3.8) is 0 Å². The number of carboxylic acids is 1. The van der Waals surface area contributed by atoms with Gasteiger partial charge in [-0.25, -0.2) is 14.8 Å². The maximum atomic E-state index is 13.8. The number of pyridine rings is 1. The Bertz CT molecular complexity index is 1680. The van der Waals surface area contributed by atoms with Crippen molar-refractivity contribution in [2.45, 2.75) is 57.8 Å². The summed E-state index contributed by atoms with van der Waals surface area (Å²) in [6.07, 6.45) is 6.81. The number of hydrogen-bond donors (Lipinski definition) is 1. The number of carboxylic acid groups (broad SMARTS) is 1. The first kappa shape index (κ1) is 26.0. The van der Waals surface area contributed by atoms with E-state index in [2.05, 4.69) is 9.97 Å². The molecule has 206 valence electrons. The van der Waals surface area contributed by atoms with Crippen LogP contribution in [0.25, 0.3) is 21.9 Å². The second-order valence-electron chi connectivity index (χ2n) is 10.8. The van der Waals surface area contributed by atoms with Crippen LogP contribution in [-0.2, 0) is 29.6 Å². The van der Waals surface area contributed by atoms with Crippen LogP contribution in [0.1, 0.15) is 54.7 Å². The lowest BCUT2D eigenvalue weighted by molar-refractivity contribution is -0.156. The standard InChI is InChI=1S/C31H31N3O6/c1-18-21-5-4-12-38-25(21)9-8-22(18)26-23-7-6-20(39-16-19-14-32-17-33-15-19)13-24(23)29(35)34(3)27(26)28(30(36)37)40-31(2)10-11-31/h6-9,13-15,17,28H,4-5,10-12,16H2,1-3H3,(H,36,37). The molecule has 1 aliphatic carbocycles. The van der Waals surface area contributed by atoms with E-state index in [9.17, 15) is 14.7 Å². The number of benzene rings is 2. The lowest BCUT2D eigenvalue weighted by atomic mass is 9.88. The highest BCUT2D eigenvalue weighted by Gasteiger charge is 2.44. The van der Waals surface area contributed by atoms with Gasteiger partial charge in [0.15, 0.2) is 6.10 Å². The molecule has 1 N–H and O–H groups in total. The van der Waals surface area contributed by atoms with Gasteiger partial charge in [0.05, 0.1) is 23.3 Å². The summed E-state index contributed by atoms with van der Waals surface area (Å²) in [6.45, 7) is 4.85. The molecule has 2 aromatic heterocycles. The molecule has 1 aliphatic heterocycles. The highest BCUT2D eigenvalue weighted by atomic mass is 16.5. The Hall–Kier alpha value is -4.24. The van der Waals surface area contributed by atoms with Crippen molar-refractivity contribution in [1.29, 1.82) is 0 Å². The predicted molar refractivity (Wildman–Crippen MR) is 149 cm³/mol. The van der Waals surface area contributed by atoms with Crippen molar-refractivity contribution < 1.29 is 24.1 Å². The molecule has 0 amide bonds. The van der Waals surface area contributed by atoms with Gasteiger partial charge in [0.1, 0.15) is 24.4 Å². The Morgan fingerprint density at radius 3 is 2.67 bits per heavy atom. The van der Waals surface area contributed by atoms with Crippen molar-refractivity contribution in [2.75, 3.05) is 6.61 Å². The topological polar surface area (TPSA) is 113 Å². The van der Waals surface area contributed by atoms with Gasteiger partial charge in [-0.05, 0) is 85.9 Å². The molecule has 0 saturated heterocycles. The fourth-order valence-electron chi connectivity index (χ4n) is 5.45. The summed E-state index contributed by atoms with van der Waals surface area (Å²) >= 11 is 0. The van der Waals surface area contributed by atoms with Crippen LogP contribution in [0.3, 0.4) is 0 Å². The van der Waals surface area contributed by atoms with Crippen LogP contribution in [0.5, 0.6) is 11.5 Å².